The Bertz CT molecular complexity index is 1250. The molecule has 0 radical (unpaired) electrons. The number of halogens is 2. The first-order chi connectivity index (χ1) is 16.0. The molecule has 2 aliphatic rings. The number of anilines is 3. The summed E-state index contributed by atoms with van der Waals surface area (Å²) in [6, 6.07) is 6.37. The molecule has 172 valence electrons. The Morgan fingerprint density at radius 2 is 2.18 bits per heavy atom. The Hall–Kier alpha value is -3.35. The Morgan fingerprint density at radius 1 is 1.30 bits per heavy atom. The third-order valence-electron chi connectivity index (χ3n) is 5.35. The van der Waals surface area contributed by atoms with Gasteiger partial charge >= 0.3 is 199 Å². The van der Waals surface area contributed by atoms with Gasteiger partial charge in [-0.2, -0.15) is 0 Å². The maximum absolute atomic E-state index is 14.4. The van der Waals surface area contributed by atoms with Gasteiger partial charge in [-0.05, 0) is 0 Å². The van der Waals surface area contributed by atoms with E-state index in [4.69, 9.17) is 9.47 Å². The molecule has 4 N–H and O–H groups in total. The first kappa shape index (κ1) is 21.5. The summed E-state index contributed by atoms with van der Waals surface area (Å²) in [6.45, 7) is 0.617. The number of benzene rings is 1. The van der Waals surface area contributed by atoms with E-state index >= 15 is 0 Å². The molecule has 3 bridgehead atoms. The van der Waals surface area contributed by atoms with Gasteiger partial charge in [-0.25, -0.2) is 0 Å². The van der Waals surface area contributed by atoms with E-state index in [9.17, 15) is 14.0 Å². The molecular formula is C22H20FIN5O4-. The fraction of sp³-hybridized carbons (Fsp3) is 0.227. The van der Waals surface area contributed by atoms with E-state index in [1.54, 1.807) is 24.5 Å². The first-order valence-corrected chi connectivity index (χ1v) is 12.5. The zero-order valence-corrected chi connectivity index (χ0v) is 19.7. The molecule has 2 aromatic heterocycles. The molecule has 1 atom stereocenters. The van der Waals surface area contributed by atoms with E-state index < -0.39 is 27.0 Å². The molecule has 1 amide bonds. The average Bonchev–Trinajstić information content (AvgIpc) is 3.15. The number of alkyl halides is 1. The SMILES string of the molecule is COc1c(F)cccc1Nc1c2[nH]c3c1C(=O)NC(C3)[I-]C(=O)OCCNc1cnccc1-2. The van der Waals surface area contributed by atoms with Crippen molar-refractivity contribution in [3.8, 4) is 17.0 Å². The molecule has 2 aliphatic heterocycles. The summed E-state index contributed by atoms with van der Waals surface area (Å²) in [7, 11) is 1.39. The van der Waals surface area contributed by atoms with Crippen molar-refractivity contribution in [2.45, 2.75) is 10.5 Å². The Labute approximate surface area is 198 Å². The van der Waals surface area contributed by atoms with E-state index in [2.05, 4.69) is 25.9 Å². The topological polar surface area (TPSA) is 117 Å². The predicted octanol–water partition coefficient (Wildman–Crippen LogP) is 0.231. The number of pyridine rings is 1. The minimum atomic E-state index is -1.07. The van der Waals surface area contributed by atoms with Gasteiger partial charge in [0, 0.05) is 0 Å². The van der Waals surface area contributed by atoms with Crippen LogP contribution in [0.4, 0.5) is 26.2 Å². The van der Waals surface area contributed by atoms with Gasteiger partial charge in [0.25, 0.3) is 0 Å². The molecule has 33 heavy (non-hydrogen) atoms. The number of para-hydroxylation sites is 1. The zero-order valence-electron chi connectivity index (χ0n) is 17.5. The van der Waals surface area contributed by atoms with Gasteiger partial charge in [-0.15, -0.1) is 0 Å². The molecule has 0 saturated carbocycles. The second-order valence-corrected chi connectivity index (χ2v) is 10.4. The number of carbonyl (C=O) groups is 2. The van der Waals surface area contributed by atoms with Crippen LogP contribution in [0.3, 0.4) is 0 Å². The van der Waals surface area contributed by atoms with Crippen molar-refractivity contribution in [2.24, 2.45) is 0 Å². The molecule has 0 fully saturated rings. The number of ether oxygens (including phenoxy) is 2. The maximum atomic E-state index is 14.4. The fourth-order valence-electron chi connectivity index (χ4n) is 3.95. The number of methoxy groups -OCH3 is 1. The Balaban J connectivity index is 1.69. The third-order valence-corrected chi connectivity index (χ3v) is 7.67. The van der Waals surface area contributed by atoms with Crippen LogP contribution in [0.5, 0.6) is 5.75 Å². The zero-order chi connectivity index (χ0) is 22.9. The van der Waals surface area contributed by atoms with Crippen LogP contribution in [0.2, 0.25) is 0 Å². The number of rotatable bonds is 3. The molecule has 0 spiro atoms. The standard InChI is InChI=1S/C22H20FIN5O4/c1-32-20-12(23)3-2-4-13(20)27-19-17-14-9-16(29-21(17)30)24-22(31)33-8-7-26-15-10-25-6-5-11(15)18(19)28-14/h2-6,10,16,26-28H,7-9H2,1H3,(H,29,30)/q-1. The van der Waals surface area contributed by atoms with Gasteiger partial charge in [0.15, 0.2) is 0 Å². The van der Waals surface area contributed by atoms with Gasteiger partial charge in [0.2, 0.25) is 0 Å². The monoisotopic (exact) mass is 564 g/mol. The number of aromatic nitrogens is 2. The number of fused-ring (bicyclic) bond motifs is 4. The van der Waals surface area contributed by atoms with Crippen molar-refractivity contribution in [1.82, 2.24) is 15.3 Å². The van der Waals surface area contributed by atoms with Crippen LogP contribution < -0.4 is 41.9 Å². The van der Waals surface area contributed by atoms with Crippen LogP contribution in [0.15, 0.2) is 36.7 Å². The van der Waals surface area contributed by atoms with E-state index in [-0.39, 0.29) is 26.3 Å². The molecule has 1 unspecified atom stereocenters. The van der Waals surface area contributed by atoms with E-state index in [0.717, 1.165) is 5.56 Å². The quantitative estimate of drug-likeness (QED) is 0.156. The second kappa shape index (κ2) is 8.89. The molecule has 0 saturated heterocycles. The number of amides is 1. The number of hydrogen-bond donors (Lipinski definition) is 4. The van der Waals surface area contributed by atoms with E-state index in [0.29, 0.717) is 47.0 Å². The number of H-pyrrole nitrogens is 1. The van der Waals surface area contributed by atoms with Crippen molar-refractivity contribution in [3.63, 3.8) is 0 Å². The van der Waals surface area contributed by atoms with Gasteiger partial charge in [0.05, 0.1) is 0 Å². The van der Waals surface area contributed by atoms with Crippen molar-refractivity contribution in [2.75, 3.05) is 30.9 Å². The molecule has 9 nitrogen and oxygen atoms in total. The van der Waals surface area contributed by atoms with Crippen molar-refractivity contribution < 1.29 is 44.7 Å². The molecule has 5 rings (SSSR count). The predicted molar refractivity (Wildman–Crippen MR) is 115 cm³/mol. The summed E-state index contributed by atoms with van der Waals surface area (Å²) in [4.78, 5) is 33.0. The molecule has 11 heteroatoms. The summed E-state index contributed by atoms with van der Waals surface area (Å²) in [5, 5.41) is 9.41. The minimum absolute atomic E-state index is 0.0450. The van der Waals surface area contributed by atoms with Gasteiger partial charge in [-0.3, -0.25) is 0 Å². The number of cyclic esters (lactones) is 1. The molecule has 4 heterocycles. The molecule has 1 aromatic carbocycles. The number of hydrogen-bond acceptors (Lipinski definition) is 7. The van der Waals surface area contributed by atoms with Gasteiger partial charge in [-0.1, -0.05) is 0 Å². The summed E-state index contributed by atoms with van der Waals surface area (Å²) in [5.74, 6) is -0.784. The first-order valence-electron chi connectivity index (χ1n) is 10.2. The molecule has 3 aromatic rings. The fourth-order valence-corrected chi connectivity index (χ4v) is 6.06. The van der Waals surface area contributed by atoms with E-state index in [1.165, 1.54) is 13.2 Å². The average molecular weight is 564 g/mol. The summed E-state index contributed by atoms with van der Waals surface area (Å²) >= 11 is -1.07. The van der Waals surface area contributed by atoms with Crippen LogP contribution in [0.25, 0.3) is 11.3 Å². The molecule has 0 aliphatic carbocycles. The van der Waals surface area contributed by atoms with Gasteiger partial charge < -0.3 is 0 Å². The second-order valence-electron chi connectivity index (χ2n) is 7.36. The van der Waals surface area contributed by atoms with Crippen LogP contribution in [-0.4, -0.2) is 44.2 Å². The van der Waals surface area contributed by atoms with Crippen molar-refractivity contribution in [3.05, 3.63) is 53.7 Å². The van der Waals surface area contributed by atoms with Crippen LogP contribution in [0, 0.1) is 5.82 Å². The van der Waals surface area contributed by atoms with E-state index in [1.807, 2.05) is 6.07 Å². The van der Waals surface area contributed by atoms with Crippen LogP contribution in [0.1, 0.15) is 16.1 Å². The van der Waals surface area contributed by atoms with Gasteiger partial charge in [0.1, 0.15) is 0 Å². The normalized spacial score (nSPS) is 17.7. The number of aromatic amines is 1. The number of nitrogens with zero attached hydrogens (tertiary/aromatic N) is 1. The summed E-state index contributed by atoms with van der Waals surface area (Å²) < 4.78 is 24.4. The van der Waals surface area contributed by atoms with Crippen molar-refractivity contribution in [1.29, 1.82) is 0 Å². The number of nitrogens with one attached hydrogen (secondary N) is 4. The third kappa shape index (κ3) is 4.08. The van der Waals surface area contributed by atoms with Crippen LogP contribution in [-0.2, 0) is 11.2 Å². The summed E-state index contributed by atoms with van der Waals surface area (Å²) in [6.07, 6.45) is 3.78. The van der Waals surface area contributed by atoms with Crippen LogP contribution >= 0.6 is 0 Å². The Morgan fingerprint density at radius 3 is 3.03 bits per heavy atom. The summed E-state index contributed by atoms with van der Waals surface area (Å²) in [5.41, 5.74) is 4.12. The number of carbonyl (C=O) groups excluding carboxylic acids is 2. The van der Waals surface area contributed by atoms with Crippen molar-refractivity contribution >= 4 is 26.9 Å². The Kier molecular flexibility index (Phi) is 5.79. The molecular weight excluding hydrogens is 544 g/mol.